The molecular formula is C22H21F2NO6. The molecule has 2 aromatic rings. The first-order valence-corrected chi connectivity index (χ1v) is 9.90. The Kier molecular flexibility index (Phi) is 5.88. The predicted molar refractivity (Wildman–Crippen MR) is 104 cm³/mol. The molecule has 1 saturated heterocycles. The van der Waals surface area contributed by atoms with Crippen molar-refractivity contribution >= 4 is 11.9 Å². The Morgan fingerprint density at radius 2 is 1.97 bits per heavy atom. The number of aliphatic hydroxyl groups is 1. The van der Waals surface area contributed by atoms with E-state index in [4.69, 9.17) is 14.6 Å². The average Bonchev–Trinajstić information content (AvgIpc) is 3.22. The topological polar surface area (TPSA) is 105 Å². The number of fused-ring (bicyclic) bond motifs is 1. The summed E-state index contributed by atoms with van der Waals surface area (Å²) in [5.74, 6) is -3.27. The third kappa shape index (κ3) is 4.24. The number of aromatic carboxylic acids is 1. The van der Waals surface area contributed by atoms with Gasteiger partial charge in [-0.25, -0.2) is 13.6 Å². The fourth-order valence-corrected chi connectivity index (χ4v) is 3.91. The molecule has 0 radical (unpaired) electrons. The summed E-state index contributed by atoms with van der Waals surface area (Å²) >= 11 is 0. The van der Waals surface area contributed by atoms with E-state index in [0.29, 0.717) is 36.3 Å². The first kappa shape index (κ1) is 21.2. The molecule has 2 aliphatic heterocycles. The van der Waals surface area contributed by atoms with E-state index in [-0.39, 0.29) is 30.8 Å². The van der Waals surface area contributed by atoms with Crippen LogP contribution in [0, 0.1) is 11.6 Å². The van der Waals surface area contributed by atoms with Gasteiger partial charge in [0.1, 0.15) is 17.4 Å². The van der Waals surface area contributed by atoms with Crippen LogP contribution in [0.25, 0.3) is 0 Å². The van der Waals surface area contributed by atoms with Crippen molar-refractivity contribution < 1.29 is 38.1 Å². The van der Waals surface area contributed by atoms with E-state index in [2.05, 4.69) is 5.32 Å². The molecule has 0 aliphatic carbocycles. The molecule has 1 amide bonds. The molecule has 1 fully saturated rings. The van der Waals surface area contributed by atoms with Crippen LogP contribution in [0.3, 0.4) is 0 Å². The maximum atomic E-state index is 15.0. The highest BCUT2D eigenvalue weighted by molar-refractivity contribution is 5.95. The summed E-state index contributed by atoms with van der Waals surface area (Å²) in [6.45, 7) is 0.732. The van der Waals surface area contributed by atoms with Gasteiger partial charge in [0.25, 0.3) is 5.91 Å². The van der Waals surface area contributed by atoms with Gasteiger partial charge < -0.3 is 25.0 Å². The van der Waals surface area contributed by atoms with Crippen LogP contribution in [-0.2, 0) is 17.6 Å². The van der Waals surface area contributed by atoms with E-state index in [1.807, 2.05) is 0 Å². The van der Waals surface area contributed by atoms with E-state index >= 15 is 4.39 Å². The predicted octanol–water partition coefficient (Wildman–Crippen LogP) is 2.07. The van der Waals surface area contributed by atoms with Gasteiger partial charge in [0.05, 0.1) is 36.5 Å². The van der Waals surface area contributed by atoms with Crippen molar-refractivity contribution in [1.29, 1.82) is 0 Å². The van der Waals surface area contributed by atoms with Gasteiger partial charge in [-0.05, 0) is 35.7 Å². The standard InChI is InChI=1S/C22H21F2NO6/c23-16-8-11(1-2-13(16)22(28)29)7-12-9-15(19(24)14-3-6-31-20(12)14)21(27)25-17-4-5-30-10-18(17)26/h1-2,8-9,17-18,26H,3-7,10H2,(H,25,27)(H,28,29)/t17-,18-/m0/s1. The van der Waals surface area contributed by atoms with Gasteiger partial charge >= 0.3 is 5.97 Å². The van der Waals surface area contributed by atoms with Gasteiger partial charge in [-0.15, -0.1) is 0 Å². The molecular weight excluding hydrogens is 412 g/mol. The lowest BCUT2D eigenvalue weighted by Crippen LogP contribution is -2.48. The molecule has 2 atom stereocenters. The Morgan fingerprint density at radius 1 is 1.16 bits per heavy atom. The van der Waals surface area contributed by atoms with Crippen molar-refractivity contribution in [2.45, 2.75) is 31.4 Å². The van der Waals surface area contributed by atoms with Crippen LogP contribution in [0.5, 0.6) is 5.75 Å². The molecule has 7 nitrogen and oxygen atoms in total. The van der Waals surface area contributed by atoms with Gasteiger partial charge in [0, 0.05) is 25.0 Å². The molecule has 9 heteroatoms. The summed E-state index contributed by atoms with van der Waals surface area (Å²) < 4.78 is 39.8. The number of carboxylic acid groups (broad SMARTS) is 1. The number of nitrogens with one attached hydrogen (secondary N) is 1. The van der Waals surface area contributed by atoms with E-state index < -0.39 is 41.2 Å². The zero-order chi connectivity index (χ0) is 22.1. The fourth-order valence-electron chi connectivity index (χ4n) is 3.91. The Labute approximate surface area is 176 Å². The van der Waals surface area contributed by atoms with Crippen molar-refractivity contribution in [1.82, 2.24) is 5.32 Å². The molecule has 0 spiro atoms. The molecule has 0 saturated carbocycles. The monoisotopic (exact) mass is 433 g/mol. The molecule has 0 unspecified atom stereocenters. The number of rotatable bonds is 5. The smallest absolute Gasteiger partial charge is 0.338 e. The van der Waals surface area contributed by atoms with Crippen molar-refractivity contribution in [2.75, 3.05) is 19.8 Å². The summed E-state index contributed by atoms with van der Waals surface area (Å²) in [5, 5.41) is 21.6. The summed E-state index contributed by atoms with van der Waals surface area (Å²) in [4.78, 5) is 23.8. The maximum Gasteiger partial charge on any atom is 0.338 e. The molecule has 4 rings (SSSR count). The van der Waals surface area contributed by atoms with Crippen LogP contribution in [0.1, 0.15) is 43.8 Å². The van der Waals surface area contributed by atoms with Crippen LogP contribution in [0.15, 0.2) is 24.3 Å². The van der Waals surface area contributed by atoms with Crippen LogP contribution in [0.4, 0.5) is 8.78 Å². The summed E-state index contributed by atoms with van der Waals surface area (Å²) in [6, 6.07) is 4.55. The normalized spacial score (nSPS) is 20.1. The number of carbonyl (C=O) groups is 2. The average molecular weight is 433 g/mol. The molecule has 0 bridgehead atoms. The second kappa shape index (κ2) is 8.60. The Bertz CT molecular complexity index is 1040. The highest BCUT2D eigenvalue weighted by Crippen LogP contribution is 2.35. The highest BCUT2D eigenvalue weighted by atomic mass is 19.1. The van der Waals surface area contributed by atoms with E-state index in [1.165, 1.54) is 12.1 Å². The van der Waals surface area contributed by atoms with E-state index in [9.17, 15) is 19.1 Å². The second-order valence-corrected chi connectivity index (χ2v) is 7.61. The quantitative estimate of drug-likeness (QED) is 0.667. The number of aliphatic hydroxyl groups excluding tert-OH is 1. The Balaban J connectivity index is 1.64. The summed E-state index contributed by atoms with van der Waals surface area (Å²) in [6.07, 6.45) is -0.0557. The number of hydrogen-bond acceptors (Lipinski definition) is 5. The third-order valence-corrected chi connectivity index (χ3v) is 5.53. The molecule has 2 aliphatic rings. The third-order valence-electron chi connectivity index (χ3n) is 5.53. The molecule has 2 aromatic carbocycles. The number of carbonyl (C=O) groups excluding carboxylic acids is 1. The van der Waals surface area contributed by atoms with Gasteiger partial charge in [-0.1, -0.05) is 6.07 Å². The number of benzene rings is 2. The van der Waals surface area contributed by atoms with Gasteiger partial charge in [-0.2, -0.15) is 0 Å². The van der Waals surface area contributed by atoms with Crippen LogP contribution < -0.4 is 10.1 Å². The largest absolute Gasteiger partial charge is 0.493 e. The Hall–Kier alpha value is -3.04. The van der Waals surface area contributed by atoms with Gasteiger partial charge in [-0.3, -0.25) is 4.79 Å². The lowest BCUT2D eigenvalue weighted by Gasteiger charge is -2.28. The molecule has 164 valence electrons. The number of hydrogen-bond donors (Lipinski definition) is 3. The van der Waals surface area contributed by atoms with Gasteiger partial charge in [0.15, 0.2) is 0 Å². The second-order valence-electron chi connectivity index (χ2n) is 7.61. The number of halogens is 2. The van der Waals surface area contributed by atoms with Crippen molar-refractivity contribution in [3.05, 3.63) is 63.7 Å². The number of carboxylic acids is 1. The fraction of sp³-hybridized carbons (Fsp3) is 0.364. The zero-order valence-electron chi connectivity index (χ0n) is 16.5. The molecule has 31 heavy (non-hydrogen) atoms. The Morgan fingerprint density at radius 3 is 2.68 bits per heavy atom. The maximum absolute atomic E-state index is 15.0. The zero-order valence-corrected chi connectivity index (χ0v) is 16.5. The molecule has 2 heterocycles. The SMILES string of the molecule is O=C(O)c1ccc(Cc2cc(C(=O)N[C@H]3CCOC[C@@H]3O)c(F)c3c2OCC3)cc1F. The van der Waals surface area contributed by atoms with Crippen LogP contribution >= 0.6 is 0 Å². The lowest BCUT2D eigenvalue weighted by molar-refractivity contribution is -0.0261. The summed E-state index contributed by atoms with van der Waals surface area (Å²) in [7, 11) is 0. The van der Waals surface area contributed by atoms with Crippen molar-refractivity contribution in [3.8, 4) is 5.75 Å². The number of ether oxygens (including phenoxy) is 2. The highest BCUT2D eigenvalue weighted by Gasteiger charge is 2.30. The number of amides is 1. The van der Waals surface area contributed by atoms with Crippen LogP contribution in [0.2, 0.25) is 0 Å². The minimum atomic E-state index is -1.37. The van der Waals surface area contributed by atoms with Crippen molar-refractivity contribution in [2.24, 2.45) is 0 Å². The molecule has 3 N–H and O–H groups in total. The van der Waals surface area contributed by atoms with Crippen LogP contribution in [-0.4, -0.2) is 54.1 Å². The first-order valence-electron chi connectivity index (χ1n) is 9.90. The van der Waals surface area contributed by atoms with Gasteiger partial charge in [0.2, 0.25) is 0 Å². The lowest BCUT2D eigenvalue weighted by atomic mass is 9.96. The summed E-state index contributed by atoms with van der Waals surface area (Å²) in [5.41, 5.74) is 0.602. The molecule has 0 aromatic heterocycles. The van der Waals surface area contributed by atoms with E-state index in [1.54, 1.807) is 0 Å². The minimum absolute atomic E-state index is 0.0919. The van der Waals surface area contributed by atoms with E-state index in [0.717, 1.165) is 12.1 Å². The minimum Gasteiger partial charge on any atom is -0.493 e. The first-order chi connectivity index (χ1) is 14.8. The van der Waals surface area contributed by atoms with Crippen molar-refractivity contribution in [3.63, 3.8) is 0 Å².